The second-order valence-electron chi connectivity index (χ2n) is 10.7. The average Bonchev–Trinajstić information content (AvgIpc) is 3.72. The first-order valence-corrected chi connectivity index (χ1v) is 13.8. The lowest BCUT2D eigenvalue weighted by atomic mass is 10.0. The summed E-state index contributed by atoms with van der Waals surface area (Å²) in [5.41, 5.74) is 10.8. The van der Waals surface area contributed by atoms with Gasteiger partial charge in [-0.25, -0.2) is 9.97 Å². The molecule has 4 aromatic heterocycles. The van der Waals surface area contributed by atoms with Gasteiger partial charge in [-0.3, -0.25) is 10.1 Å². The van der Waals surface area contributed by atoms with Crippen LogP contribution >= 0.6 is 0 Å². The SMILES string of the molecule is Cc1cccc(-c2cccc3[nH]c(-c4n[nH]c5ccc(-c6cncc(CNCC7CCCC7)c6)nc45)nc23)c1. The van der Waals surface area contributed by atoms with Gasteiger partial charge < -0.3 is 10.3 Å². The van der Waals surface area contributed by atoms with E-state index >= 15 is 0 Å². The number of hydrogen-bond donors (Lipinski definition) is 3. The molecule has 0 aliphatic heterocycles. The Bertz CT molecular complexity index is 1770. The zero-order chi connectivity index (χ0) is 26.2. The van der Waals surface area contributed by atoms with E-state index in [1.165, 1.54) is 36.8 Å². The first-order valence-electron chi connectivity index (χ1n) is 13.8. The molecular weight excluding hydrogens is 482 g/mol. The average molecular weight is 514 g/mol. The number of nitrogens with one attached hydrogen (secondary N) is 3. The van der Waals surface area contributed by atoms with Crippen molar-refractivity contribution in [3.8, 4) is 33.9 Å². The van der Waals surface area contributed by atoms with Gasteiger partial charge in [-0.15, -0.1) is 0 Å². The Morgan fingerprint density at radius 3 is 2.67 bits per heavy atom. The van der Waals surface area contributed by atoms with Gasteiger partial charge in [-0.2, -0.15) is 5.10 Å². The molecule has 6 aromatic rings. The lowest BCUT2D eigenvalue weighted by Crippen LogP contribution is -2.20. The zero-order valence-corrected chi connectivity index (χ0v) is 22.0. The minimum Gasteiger partial charge on any atom is -0.336 e. The Morgan fingerprint density at radius 1 is 0.872 bits per heavy atom. The lowest BCUT2D eigenvalue weighted by molar-refractivity contribution is 0.489. The summed E-state index contributed by atoms with van der Waals surface area (Å²) in [5.74, 6) is 1.51. The van der Waals surface area contributed by atoms with Crippen LogP contribution in [0.5, 0.6) is 0 Å². The summed E-state index contributed by atoms with van der Waals surface area (Å²) in [5, 5.41) is 11.4. The number of H-pyrrole nitrogens is 2. The Labute approximate surface area is 227 Å². The topological polar surface area (TPSA) is 95.2 Å². The zero-order valence-electron chi connectivity index (χ0n) is 22.0. The summed E-state index contributed by atoms with van der Waals surface area (Å²) in [4.78, 5) is 18.0. The predicted molar refractivity (Wildman–Crippen MR) is 156 cm³/mol. The molecule has 194 valence electrons. The summed E-state index contributed by atoms with van der Waals surface area (Å²) in [6.07, 6.45) is 9.25. The second kappa shape index (κ2) is 10.1. The molecule has 39 heavy (non-hydrogen) atoms. The highest BCUT2D eigenvalue weighted by Crippen LogP contribution is 2.32. The van der Waals surface area contributed by atoms with Gasteiger partial charge in [-0.05, 0) is 67.6 Å². The maximum Gasteiger partial charge on any atom is 0.161 e. The van der Waals surface area contributed by atoms with E-state index in [1.807, 2.05) is 24.5 Å². The van der Waals surface area contributed by atoms with Crippen molar-refractivity contribution in [3.63, 3.8) is 0 Å². The van der Waals surface area contributed by atoms with Crippen LogP contribution in [0.25, 0.3) is 56.0 Å². The molecule has 7 heteroatoms. The number of nitrogens with zero attached hydrogens (tertiary/aromatic N) is 4. The number of benzene rings is 2. The van der Waals surface area contributed by atoms with Gasteiger partial charge >= 0.3 is 0 Å². The summed E-state index contributed by atoms with van der Waals surface area (Å²) in [7, 11) is 0. The van der Waals surface area contributed by atoms with Crippen LogP contribution < -0.4 is 5.32 Å². The van der Waals surface area contributed by atoms with Gasteiger partial charge in [0, 0.05) is 30.1 Å². The molecule has 1 fully saturated rings. The van der Waals surface area contributed by atoms with E-state index in [0.29, 0.717) is 11.5 Å². The van der Waals surface area contributed by atoms with Crippen molar-refractivity contribution in [2.45, 2.75) is 39.2 Å². The van der Waals surface area contributed by atoms with Crippen LogP contribution in [0.2, 0.25) is 0 Å². The Hall–Kier alpha value is -4.36. The molecule has 3 N–H and O–H groups in total. The highest BCUT2D eigenvalue weighted by molar-refractivity contribution is 5.96. The van der Waals surface area contributed by atoms with E-state index in [4.69, 9.17) is 9.97 Å². The Kier molecular flexibility index (Phi) is 6.13. The molecular formula is C32H31N7. The van der Waals surface area contributed by atoms with Gasteiger partial charge in [0.2, 0.25) is 0 Å². The third-order valence-corrected chi connectivity index (χ3v) is 7.80. The van der Waals surface area contributed by atoms with Crippen LogP contribution in [0.15, 0.2) is 73.1 Å². The van der Waals surface area contributed by atoms with E-state index in [1.54, 1.807) is 0 Å². The minimum absolute atomic E-state index is 0.698. The van der Waals surface area contributed by atoms with Crippen molar-refractivity contribution in [1.82, 2.24) is 35.5 Å². The van der Waals surface area contributed by atoms with Crippen molar-refractivity contribution >= 4 is 22.1 Å². The molecule has 1 aliphatic rings. The van der Waals surface area contributed by atoms with Crippen LogP contribution in [0.4, 0.5) is 0 Å². The first kappa shape index (κ1) is 23.7. The Morgan fingerprint density at radius 2 is 1.77 bits per heavy atom. The van der Waals surface area contributed by atoms with Gasteiger partial charge in [-0.1, -0.05) is 54.8 Å². The normalized spacial score (nSPS) is 14.1. The maximum atomic E-state index is 5.01. The number of imidazole rings is 1. The molecule has 0 atom stereocenters. The van der Waals surface area contributed by atoms with Crippen molar-refractivity contribution < 1.29 is 0 Å². The number of fused-ring (bicyclic) bond motifs is 2. The van der Waals surface area contributed by atoms with Gasteiger partial charge in [0.25, 0.3) is 0 Å². The van der Waals surface area contributed by atoms with Gasteiger partial charge in [0.15, 0.2) is 11.5 Å². The number of pyridine rings is 2. The molecule has 0 radical (unpaired) electrons. The smallest absolute Gasteiger partial charge is 0.161 e. The van der Waals surface area contributed by atoms with E-state index in [9.17, 15) is 0 Å². The summed E-state index contributed by atoms with van der Waals surface area (Å²) < 4.78 is 0. The number of aryl methyl sites for hydroxylation is 1. The van der Waals surface area contributed by atoms with Crippen molar-refractivity contribution in [3.05, 3.63) is 84.2 Å². The fourth-order valence-electron chi connectivity index (χ4n) is 5.77. The molecule has 1 aliphatic carbocycles. The minimum atomic E-state index is 0.698. The molecule has 0 amide bonds. The molecule has 0 saturated heterocycles. The number of aromatic amines is 2. The van der Waals surface area contributed by atoms with Crippen LogP contribution in [0.1, 0.15) is 36.8 Å². The van der Waals surface area contributed by atoms with E-state index in [-0.39, 0.29) is 0 Å². The van der Waals surface area contributed by atoms with Crippen LogP contribution in [-0.4, -0.2) is 36.7 Å². The second-order valence-corrected chi connectivity index (χ2v) is 10.7. The fraction of sp³-hybridized carbons (Fsp3) is 0.250. The third kappa shape index (κ3) is 4.70. The highest BCUT2D eigenvalue weighted by Gasteiger charge is 2.17. The molecule has 7 nitrogen and oxygen atoms in total. The molecule has 0 spiro atoms. The molecule has 7 rings (SSSR count). The number of hydrogen-bond acceptors (Lipinski definition) is 5. The summed E-state index contributed by atoms with van der Waals surface area (Å²) in [6, 6.07) is 21.0. The molecule has 0 unspecified atom stereocenters. The number of para-hydroxylation sites is 1. The van der Waals surface area contributed by atoms with Crippen molar-refractivity contribution in [1.29, 1.82) is 0 Å². The lowest BCUT2D eigenvalue weighted by Gasteiger charge is -2.11. The molecule has 1 saturated carbocycles. The van der Waals surface area contributed by atoms with Gasteiger partial charge in [0.1, 0.15) is 5.52 Å². The standard InChI is InChI=1S/C32H31N7/c1-20-6-4-9-23(14-20)25-10-5-11-27-29(25)37-32(36-27)31-30-28(38-39-31)13-12-26(35-30)24-15-22(18-34-19-24)17-33-16-21-7-2-3-8-21/h4-6,9-15,18-19,21,33H,2-3,7-8,16-17H2,1H3,(H,36,37)(H,38,39). The highest BCUT2D eigenvalue weighted by atomic mass is 15.1. The quantitative estimate of drug-likeness (QED) is 0.218. The first-order chi connectivity index (χ1) is 19.2. The van der Waals surface area contributed by atoms with Crippen molar-refractivity contribution in [2.24, 2.45) is 5.92 Å². The summed E-state index contributed by atoms with van der Waals surface area (Å²) in [6.45, 7) is 4.01. The summed E-state index contributed by atoms with van der Waals surface area (Å²) >= 11 is 0. The van der Waals surface area contributed by atoms with E-state index in [2.05, 4.69) is 80.9 Å². The van der Waals surface area contributed by atoms with Crippen LogP contribution in [0.3, 0.4) is 0 Å². The van der Waals surface area contributed by atoms with Gasteiger partial charge in [0.05, 0.1) is 22.2 Å². The molecule has 0 bridgehead atoms. The third-order valence-electron chi connectivity index (χ3n) is 7.80. The van der Waals surface area contributed by atoms with Crippen molar-refractivity contribution in [2.75, 3.05) is 6.54 Å². The van der Waals surface area contributed by atoms with Crippen LogP contribution in [-0.2, 0) is 6.54 Å². The molecule has 2 aromatic carbocycles. The number of aromatic nitrogens is 6. The van der Waals surface area contributed by atoms with E-state index < -0.39 is 0 Å². The largest absolute Gasteiger partial charge is 0.336 e. The van der Waals surface area contributed by atoms with Crippen LogP contribution in [0, 0.1) is 12.8 Å². The monoisotopic (exact) mass is 513 g/mol. The fourth-order valence-corrected chi connectivity index (χ4v) is 5.77. The Balaban J connectivity index is 1.20. The number of rotatable bonds is 7. The maximum absolute atomic E-state index is 5.01. The predicted octanol–water partition coefficient (Wildman–Crippen LogP) is 6.82. The van der Waals surface area contributed by atoms with E-state index in [0.717, 1.165) is 63.5 Å². The molecule has 4 heterocycles.